The molecule has 4 nitrogen and oxygen atoms in total. The maximum absolute atomic E-state index is 11.4. The van der Waals surface area contributed by atoms with E-state index in [0.29, 0.717) is 5.82 Å². The number of aromatic amines is 1. The van der Waals surface area contributed by atoms with Gasteiger partial charge in [0.1, 0.15) is 5.82 Å². The summed E-state index contributed by atoms with van der Waals surface area (Å²) in [5.74, 6) is 0.698. The summed E-state index contributed by atoms with van der Waals surface area (Å²) in [6.45, 7) is 5.96. The number of aryl methyl sites for hydroxylation is 1. The van der Waals surface area contributed by atoms with E-state index in [4.69, 9.17) is 0 Å². The van der Waals surface area contributed by atoms with E-state index in [9.17, 15) is 4.79 Å². The molecule has 0 bridgehead atoms. The average molecular weight is 244 g/mol. The van der Waals surface area contributed by atoms with Gasteiger partial charge in [0.15, 0.2) is 0 Å². The van der Waals surface area contributed by atoms with Crippen molar-refractivity contribution in [2.75, 3.05) is 13.1 Å². The third kappa shape index (κ3) is 2.62. The summed E-state index contributed by atoms with van der Waals surface area (Å²) in [6, 6.07) is 1.62. The lowest BCUT2D eigenvalue weighted by molar-refractivity contribution is 0.331. The van der Waals surface area contributed by atoms with Crippen LogP contribution in [-0.4, -0.2) is 23.1 Å². The Balaban J connectivity index is 0.00000128. The number of hydrogen-bond acceptors (Lipinski definition) is 3. The van der Waals surface area contributed by atoms with Gasteiger partial charge in [-0.25, -0.2) is 4.98 Å². The third-order valence-electron chi connectivity index (χ3n) is 3.08. The molecule has 5 heteroatoms. The minimum Gasteiger partial charge on any atom is -0.316 e. The van der Waals surface area contributed by atoms with Crippen LogP contribution < -0.4 is 10.9 Å². The Morgan fingerprint density at radius 3 is 2.81 bits per heavy atom. The molecule has 0 amide bonds. The molecular formula is C11H18ClN3O. The zero-order valence-electron chi connectivity index (χ0n) is 9.67. The molecule has 0 saturated carbocycles. The highest BCUT2D eigenvalue weighted by Crippen LogP contribution is 2.28. The Labute approximate surface area is 101 Å². The summed E-state index contributed by atoms with van der Waals surface area (Å²) < 4.78 is 0. The molecule has 2 heterocycles. The molecule has 0 radical (unpaired) electrons. The molecule has 1 atom stereocenters. The van der Waals surface area contributed by atoms with Crippen molar-refractivity contribution in [1.29, 1.82) is 0 Å². The number of rotatable bonds is 1. The van der Waals surface area contributed by atoms with Crippen molar-refractivity contribution >= 4 is 12.4 Å². The summed E-state index contributed by atoms with van der Waals surface area (Å²) in [5, 5.41) is 3.36. The van der Waals surface area contributed by atoms with Gasteiger partial charge in [0, 0.05) is 18.0 Å². The fourth-order valence-electron chi connectivity index (χ4n) is 2.16. The smallest absolute Gasteiger partial charge is 0.251 e. The number of aromatic nitrogens is 2. The Hall–Kier alpha value is -0.870. The first kappa shape index (κ1) is 13.2. The summed E-state index contributed by atoms with van der Waals surface area (Å²) in [7, 11) is 0. The van der Waals surface area contributed by atoms with Gasteiger partial charge in [-0.15, -0.1) is 12.4 Å². The first-order valence-electron chi connectivity index (χ1n) is 5.39. The number of piperidine rings is 1. The van der Waals surface area contributed by atoms with E-state index in [1.807, 2.05) is 6.92 Å². The number of hydrogen-bond donors (Lipinski definition) is 2. The standard InChI is InChI=1S/C11H17N3O.ClH/c1-8-13-9(6-10(15)14-8)11(2)4-3-5-12-7-11;/h6,12H,3-5,7H2,1-2H3,(H,13,14,15);1H. The number of nitrogens with one attached hydrogen (secondary N) is 2. The van der Waals surface area contributed by atoms with E-state index in [1.165, 1.54) is 0 Å². The van der Waals surface area contributed by atoms with Crippen molar-refractivity contribution in [3.8, 4) is 0 Å². The van der Waals surface area contributed by atoms with Crippen molar-refractivity contribution in [3.05, 3.63) is 27.9 Å². The van der Waals surface area contributed by atoms with E-state index < -0.39 is 0 Å². The Bertz CT molecular complexity index is 410. The molecule has 16 heavy (non-hydrogen) atoms. The minimum atomic E-state index is -0.0516. The van der Waals surface area contributed by atoms with Gasteiger partial charge in [0.2, 0.25) is 0 Å². The predicted molar refractivity (Wildman–Crippen MR) is 66.3 cm³/mol. The van der Waals surface area contributed by atoms with Crippen LogP contribution in [0.3, 0.4) is 0 Å². The number of H-pyrrole nitrogens is 1. The van der Waals surface area contributed by atoms with E-state index in [-0.39, 0.29) is 23.4 Å². The van der Waals surface area contributed by atoms with E-state index in [0.717, 1.165) is 31.6 Å². The van der Waals surface area contributed by atoms with Gasteiger partial charge in [-0.1, -0.05) is 6.92 Å². The van der Waals surface area contributed by atoms with Gasteiger partial charge in [-0.3, -0.25) is 4.79 Å². The maximum Gasteiger partial charge on any atom is 0.251 e. The molecule has 2 N–H and O–H groups in total. The topological polar surface area (TPSA) is 57.8 Å². The van der Waals surface area contributed by atoms with Crippen molar-refractivity contribution in [2.24, 2.45) is 0 Å². The van der Waals surface area contributed by atoms with Crippen LogP contribution in [0, 0.1) is 6.92 Å². The summed E-state index contributed by atoms with van der Waals surface area (Å²) >= 11 is 0. The van der Waals surface area contributed by atoms with Crippen LogP contribution in [0.2, 0.25) is 0 Å². The first-order valence-corrected chi connectivity index (χ1v) is 5.39. The van der Waals surface area contributed by atoms with E-state index in [2.05, 4.69) is 22.2 Å². The second-order valence-electron chi connectivity index (χ2n) is 4.56. The zero-order chi connectivity index (χ0) is 10.9. The first-order chi connectivity index (χ1) is 7.10. The molecule has 1 aromatic heterocycles. The Kier molecular flexibility index (Phi) is 4.10. The molecule has 1 saturated heterocycles. The highest BCUT2D eigenvalue weighted by atomic mass is 35.5. The predicted octanol–water partition coefficient (Wildman–Crippen LogP) is 1.14. The largest absolute Gasteiger partial charge is 0.316 e. The summed E-state index contributed by atoms with van der Waals surface area (Å²) in [4.78, 5) is 18.5. The lowest BCUT2D eigenvalue weighted by Crippen LogP contribution is -2.42. The molecule has 1 aliphatic rings. The quantitative estimate of drug-likeness (QED) is 0.778. The second kappa shape index (κ2) is 4.97. The number of nitrogens with zero attached hydrogens (tertiary/aromatic N) is 1. The molecule has 0 aliphatic carbocycles. The number of halogens is 1. The van der Waals surface area contributed by atoms with Crippen LogP contribution in [-0.2, 0) is 5.41 Å². The molecule has 0 aromatic carbocycles. The molecule has 90 valence electrons. The van der Waals surface area contributed by atoms with Crippen LogP contribution in [0.5, 0.6) is 0 Å². The average Bonchev–Trinajstić information content (AvgIpc) is 2.17. The van der Waals surface area contributed by atoms with Crippen LogP contribution in [0.25, 0.3) is 0 Å². The molecule has 1 aliphatic heterocycles. The van der Waals surface area contributed by atoms with Crippen LogP contribution >= 0.6 is 12.4 Å². The molecule has 1 unspecified atom stereocenters. The highest BCUT2D eigenvalue weighted by Gasteiger charge is 2.30. The monoisotopic (exact) mass is 243 g/mol. The van der Waals surface area contributed by atoms with Crippen molar-refractivity contribution in [3.63, 3.8) is 0 Å². The molecular weight excluding hydrogens is 226 g/mol. The van der Waals surface area contributed by atoms with Crippen LogP contribution in [0.4, 0.5) is 0 Å². The van der Waals surface area contributed by atoms with Crippen molar-refractivity contribution in [2.45, 2.75) is 32.1 Å². The van der Waals surface area contributed by atoms with Gasteiger partial charge < -0.3 is 10.3 Å². The second-order valence-corrected chi connectivity index (χ2v) is 4.56. The van der Waals surface area contributed by atoms with Crippen molar-refractivity contribution in [1.82, 2.24) is 15.3 Å². The van der Waals surface area contributed by atoms with Gasteiger partial charge in [-0.2, -0.15) is 0 Å². The van der Waals surface area contributed by atoms with Crippen LogP contribution in [0.15, 0.2) is 10.9 Å². The van der Waals surface area contributed by atoms with Gasteiger partial charge in [0.25, 0.3) is 5.56 Å². The molecule has 1 aromatic rings. The SMILES string of the molecule is Cc1nc(C2(C)CCCNC2)cc(=O)[nH]1.Cl. The van der Waals surface area contributed by atoms with E-state index in [1.54, 1.807) is 6.07 Å². The normalized spacial score (nSPS) is 24.9. The van der Waals surface area contributed by atoms with Gasteiger partial charge in [-0.05, 0) is 26.3 Å². The lowest BCUT2D eigenvalue weighted by Gasteiger charge is -2.33. The van der Waals surface area contributed by atoms with Crippen molar-refractivity contribution < 1.29 is 0 Å². The van der Waals surface area contributed by atoms with Gasteiger partial charge in [0.05, 0.1) is 5.69 Å². The molecule has 0 spiro atoms. The fourth-order valence-corrected chi connectivity index (χ4v) is 2.16. The van der Waals surface area contributed by atoms with E-state index >= 15 is 0 Å². The van der Waals surface area contributed by atoms with Gasteiger partial charge >= 0.3 is 0 Å². The Morgan fingerprint density at radius 1 is 1.50 bits per heavy atom. The lowest BCUT2D eigenvalue weighted by atomic mass is 9.79. The zero-order valence-corrected chi connectivity index (χ0v) is 10.5. The maximum atomic E-state index is 11.4. The molecule has 1 fully saturated rings. The summed E-state index contributed by atoms with van der Waals surface area (Å²) in [6.07, 6.45) is 2.24. The third-order valence-corrected chi connectivity index (χ3v) is 3.08. The highest BCUT2D eigenvalue weighted by molar-refractivity contribution is 5.85. The summed E-state index contributed by atoms with van der Waals surface area (Å²) in [5.41, 5.74) is 0.873. The Morgan fingerprint density at radius 2 is 2.25 bits per heavy atom. The van der Waals surface area contributed by atoms with Crippen LogP contribution in [0.1, 0.15) is 31.3 Å². The fraction of sp³-hybridized carbons (Fsp3) is 0.636. The molecule has 2 rings (SSSR count). The minimum absolute atomic E-state index is 0.